The molecule has 0 aromatic heterocycles. The van der Waals surface area contributed by atoms with E-state index in [0.29, 0.717) is 0 Å². The van der Waals surface area contributed by atoms with Crippen LogP contribution >= 0.6 is 24.0 Å². The Morgan fingerprint density at radius 3 is 2.38 bits per heavy atom. The number of guanidine groups is 1. The second kappa shape index (κ2) is 15.6. The molecule has 2 N–H and O–H groups in total. The summed E-state index contributed by atoms with van der Waals surface area (Å²) in [5, 5.41) is 6.73. The molecule has 1 heterocycles. The monoisotopic (exact) mass is 519 g/mol. The minimum absolute atomic E-state index is 0. The molecule has 0 bridgehead atoms. The summed E-state index contributed by atoms with van der Waals surface area (Å²) < 4.78 is 10.3. The van der Waals surface area contributed by atoms with Crippen molar-refractivity contribution in [1.29, 1.82) is 0 Å². The molecular weight excluding hydrogens is 481 g/mol. The Labute approximate surface area is 193 Å². The molecule has 2 rings (SSSR count). The topological polar surface area (TPSA) is 61.4 Å². The Balaban J connectivity index is 0.00000420. The van der Waals surface area contributed by atoms with E-state index in [4.69, 9.17) is 9.47 Å². The minimum atomic E-state index is 0. The van der Waals surface area contributed by atoms with E-state index in [1.54, 1.807) is 14.2 Å². The zero-order valence-electron chi connectivity index (χ0n) is 18.2. The summed E-state index contributed by atoms with van der Waals surface area (Å²) in [6.07, 6.45) is 2.07. The lowest BCUT2D eigenvalue weighted by Gasteiger charge is -2.36. The maximum atomic E-state index is 5.24. The maximum Gasteiger partial charge on any atom is 0.191 e. The average molecular weight is 519 g/mol. The predicted octanol–water partition coefficient (Wildman–Crippen LogP) is 2.42. The Kier molecular flexibility index (Phi) is 13.8. The molecule has 0 radical (unpaired) electrons. The van der Waals surface area contributed by atoms with Crippen LogP contribution in [-0.2, 0) is 4.74 Å². The van der Waals surface area contributed by atoms with Crippen molar-refractivity contribution in [2.24, 2.45) is 4.99 Å². The molecule has 1 aliphatic rings. The van der Waals surface area contributed by atoms with Gasteiger partial charge in [-0.2, -0.15) is 0 Å². The molecule has 1 fully saturated rings. The van der Waals surface area contributed by atoms with Gasteiger partial charge in [0.25, 0.3) is 0 Å². The molecule has 0 aliphatic carbocycles. The number of halogens is 1. The number of hydrogen-bond acceptors (Lipinski definition) is 5. The summed E-state index contributed by atoms with van der Waals surface area (Å²) in [5.41, 5.74) is 1.28. The lowest BCUT2D eigenvalue weighted by atomic mass is 10.2. The number of anilines is 1. The van der Waals surface area contributed by atoms with Crippen LogP contribution in [0, 0.1) is 0 Å². The minimum Gasteiger partial charge on any atom is -0.497 e. The molecule has 0 unspecified atom stereocenters. The first-order chi connectivity index (χ1) is 13.8. The lowest BCUT2D eigenvalue weighted by Crippen LogP contribution is -2.47. The van der Waals surface area contributed by atoms with Crippen molar-refractivity contribution in [2.75, 3.05) is 78.1 Å². The molecule has 1 aliphatic heterocycles. The quantitative estimate of drug-likeness (QED) is 0.203. The fourth-order valence-electron chi connectivity index (χ4n) is 3.27. The van der Waals surface area contributed by atoms with Gasteiger partial charge in [-0.3, -0.25) is 9.89 Å². The number of hydrogen-bond donors (Lipinski definition) is 2. The molecule has 8 heteroatoms. The second-order valence-corrected chi connectivity index (χ2v) is 6.91. The molecule has 1 saturated heterocycles. The van der Waals surface area contributed by atoms with Gasteiger partial charge in [0.15, 0.2) is 5.96 Å². The summed E-state index contributed by atoms with van der Waals surface area (Å²) in [4.78, 5) is 9.57. The lowest BCUT2D eigenvalue weighted by molar-refractivity contribution is 0.197. The molecule has 0 amide bonds. The van der Waals surface area contributed by atoms with Gasteiger partial charge in [0.2, 0.25) is 0 Å². The SMILES string of the molecule is CCNC(=NCCCOC)NCCCN1CCN(c2ccc(OC)cc2)CC1.I. The first-order valence-electron chi connectivity index (χ1n) is 10.4. The second-order valence-electron chi connectivity index (χ2n) is 6.91. The standard InChI is InChI=1S/C21H37N5O2.HI/c1-4-22-21(24-12-6-18-27-2)23-11-5-13-25-14-16-26(17-15-25)19-7-9-20(28-3)10-8-19;/h7-10H,4-6,11-18H2,1-3H3,(H2,22,23,24);1H. The van der Waals surface area contributed by atoms with Crippen LogP contribution in [0.1, 0.15) is 19.8 Å². The number of rotatable bonds is 11. The van der Waals surface area contributed by atoms with Gasteiger partial charge in [0.1, 0.15) is 5.75 Å². The molecule has 7 nitrogen and oxygen atoms in total. The highest BCUT2D eigenvalue weighted by Gasteiger charge is 2.16. The van der Waals surface area contributed by atoms with Gasteiger partial charge >= 0.3 is 0 Å². The van der Waals surface area contributed by atoms with E-state index in [1.165, 1.54) is 5.69 Å². The van der Waals surface area contributed by atoms with Crippen LogP contribution in [0.15, 0.2) is 29.3 Å². The van der Waals surface area contributed by atoms with Crippen LogP contribution in [0.3, 0.4) is 0 Å². The van der Waals surface area contributed by atoms with E-state index in [1.807, 2.05) is 12.1 Å². The zero-order chi connectivity index (χ0) is 20.0. The molecule has 29 heavy (non-hydrogen) atoms. The fraction of sp³-hybridized carbons (Fsp3) is 0.667. The average Bonchev–Trinajstić information content (AvgIpc) is 2.74. The largest absolute Gasteiger partial charge is 0.497 e. The number of methoxy groups -OCH3 is 2. The van der Waals surface area contributed by atoms with Crippen molar-refractivity contribution in [3.8, 4) is 5.75 Å². The van der Waals surface area contributed by atoms with Crippen molar-refractivity contribution in [3.05, 3.63) is 24.3 Å². The van der Waals surface area contributed by atoms with Gasteiger partial charge in [0, 0.05) is 65.2 Å². The van der Waals surface area contributed by atoms with Gasteiger partial charge in [-0.15, -0.1) is 24.0 Å². The van der Waals surface area contributed by atoms with Gasteiger partial charge in [-0.25, -0.2) is 0 Å². The van der Waals surface area contributed by atoms with Crippen molar-refractivity contribution >= 4 is 35.6 Å². The van der Waals surface area contributed by atoms with E-state index < -0.39 is 0 Å². The third-order valence-corrected chi connectivity index (χ3v) is 4.87. The van der Waals surface area contributed by atoms with Crippen molar-refractivity contribution in [1.82, 2.24) is 15.5 Å². The van der Waals surface area contributed by atoms with Crippen LogP contribution in [0.25, 0.3) is 0 Å². The first kappa shape index (κ1) is 25.8. The van der Waals surface area contributed by atoms with Crippen LogP contribution < -0.4 is 20.3 Å². The first-order valence-corrected chi connectivity index (χ1v) is 10.4. The van der Waals surface area contributed by atoms with Gasteiger partial charge in [-0.05, 0) is 50.6 Å². The number of ether oxygens (including phenoxy) is 2. The summed E-state index contributed by atoms with van der Waals surface area (Å²) >= 11 is 0. The van der Waals surface area contributed by atoms with Gasteiger partial charge in [-0.1, -0.05) is 0 Å². The molecule has 0 atom stereocenters. The van der Waals surface area contributed by atoms with Gasteiger partial charge in [0.05, 0.1) is 7.11 Å². The number of aliphatic imine (C=N–C) groups is 1. The van der Waals surface area contributed by atoms with Crippen LogP contribution in [0.2, 0.25) is 0 Å². The van der Waals surface area contributed by atoms with E-state index in [0.717, 1.165) is 83.5 Å². The van der Waals surface area contributed by atoms with Crippen LogP contribution in [0.4, 0.5) is 5.69 Å². The summed E-state index contributed by atoms with van der Waals surface area (Å²) in [6.45, 7) is 10.9. The fourth-order valence-corrected chi connectivity index (χ4v) is 3.27. The van der Waals surface area contributed by atoms with Crippen molar-refractivity contribution < 1.29 is 9.47 Å². The maximum absolute atomic E-state index is 5.24. The van der Waals surface area contributed by atoms with Crippen LogP contribution in [0.5, 0.6) is 5.75 Å². The molecule has 166 valence electrons. The number of benzene rings is 1. The normalized spacial score (nSPS) is 15.0. The number of piperazine rings is 1. The Bertz CT molecular complexity index is 563. The molecular formula is C21H38IN5O2. The summed E-state index contributed by atoms with van der Waals surface area (Å²) in [6, 6.07) is 8.36. The molecule has 0 spiro atoms. The van der Waals surface area contributed by atoms with E-state index in [-0.39, 0.29) is 24.0 Å². The number of nitrogens with zero attached hydrogens (tertiary/aromatic N) is 3. The van der Waals surface area contributed by atoms with Crippen molar-refractivity contribution in [2.45, 2.75) is 19.8 Å². The van der Waals surface area contributed by atoms with E-state index in [9.17, 15) is 0 Å². The molecule has 1 aromatic rings. The highest BCUT2D eigenvalue weighted by atomic mass is 127. The van der Waals surface area contributed by atoms with Crippen molar-refractivity contribution in [3.63, 3.8) is 0 Å². The molecule has 0 saturated carbocycles. The smallest absolute Gasteiger partial charge is 0.191 e. The molecule has 1 aromatic carbocycles. The predicted molar refractivity (Wildman–Crippen MR) is 132 cm³/mol. The highest BCUT2D eigenvalue weighted by molar-refractivity contribution is 14.0. The Morgan fingerprint density at radius 1 is 1.03 bits per heavy atom. The number of nitrogens with one attached hydrogen (secondary N) is 2. The third kappa shape index (κ3) is 9.86. The highest BCUT2D eigenvalue weighted by Crippen LogP contribution is 2.20. The Morgan fingerprint density at radius 2 is 1.76 bits per heavy atom. The summed E-state index contributed by atoms with van der Waals surface area (Å²) in [5.74, 6) is 1.82. The van der Waals surface area contributed by atoms with E-state index in [2.05, 4.69) is 44.5 Å². The van der Waals surface area contributed by atoms with Crippen LogP contribution in [-0.4, -0.2) is 84.0 Å². The third-order valence-electron chi connectivity index (χ3n) is 4.87. The summed E-state index contributed by atoms with van der Waals surface area (Å²) in [7, 11) is 3.43. The zero-order valence-corrected chi connectivity index (χ0v) is 20.5. The van der Waals surface area contributed by atoms with Gasteiger partial charge < -0.3 is 25.0 Å². The van der Waals surface area contributed by atoms with E-state index >= 15 is 0 Å². The Hall–Kier alpha value is -1.26.